The van der Waals surface area contributed by atoms with Crippen molar-refractivity contribution in [1.29, 1.82) is 0 Å². The molecule has 0 radical (unpaired) electrons. The molecule has 9 heteroatoms. The van der Waals surface area contributed by atoms with Gasteiger partial charge in [-0.2, -0.15) is 0 Å². The maximum absolute atomic E-state index is 13.4. The van der Waals surface area contributed by atoms with E-state index in [1.807, 2.05) is 0 Å². The molecular weight excluding hydrogens is 384 g/mol. The fourth-order valence-corrected chi connectivity index (χ4v) is 5.99. The molecule has 1 fully saturated rings. The summed E-state index contributed by atoms with van der Waals surface area (Å²) in [6.07, 6.45) is 5.30. The minimum absolute atomic E-state index is 0.0686. The van der Waals surface area contributed by atoms with Crippen LogP contribution >= 0.6 is 23.1 Å². The number of rotatable bonds is 5. The van der Waals surface area contributed by atoms with Crippen LogP contribution in [0, 0.1) is 6.92 Å². The van der Waals surface area contributed by atoms with Crippen LogP contribution in [0.5, 0.6) is 0 Å². The number of hydrogen-bond donors (Lipinski definition) is 0. The molecule has 0 bridgehead atoms. The van der Waals surface area contributed by atoms with Gasteiger partial charge in [-0.15, -0.1) is 21.5 Å². The van der Waals surface area contributed by atoms with Crippen molar-refractivity contribution >= 4 is 33.3 Å². The van der Waals surface area contributed by atoms with Gasteiger partial charge in [-0.1, -0.05) is 11.8 Å². The summed E-state index contributed by atoms with van der Waals surface area (Å²) in [7, 11) is 0. The lowest BCUT2D eigenvalue weighted by atomic mass is 10.2. The molecule has 0 saturated carbocycles. The number of thiophene rings is 1. The third kappa shape index (κ3) is 3.21. The highest BCUT2D eigenvalue weighted by Gasteiger charge is 2.25. The van der Waals surface area contributed by atoms with Gasteiger partial charge >= 0.3 is 0 Å². The fourth-order valence-electron chi connectivity index (χ4n) is 3.84. The first-order valence-corrected chi connectivity index (χ1v) is 11.1. The third-order valence-corrected chi connectivity index (χ3v) is 7.24. The lowest BCUT2D eigenvalue weighted by Gasteiger charge is -2.15. The van der Waals surface area contributed by atoms with E-state index >= 15 is 0 Å². The molecule has 1 atom stereocenters. The van der Waals surface area contributed by atoms with Gasteiger partial charge in [-0.3, -0.25) is 9.36 Å². The number of ether oxygens (including phenoxy) is 1. The van der Waals surface area contributed by atoms with E-state index in [2.05, 4.69) is 10.2 Å². The van der Waals surface area contributed by atoms with Crippen LogP contribution in [0.15, 0.2) is 14.4 Å². The van der Waals surface area contributed by atoms with E-state index in [0.29, 0.717) is 29.2 Å². The van der Waals surface area contributed by atoms with Crippen molar-refractivity contribution in [2.45, 2.75) is 62.6 Å². The van der Waals surface area contributed by atoms with Gasteiger partial charge in [0.1, 0.15) is 4.83 Å². The summed E-state index contributed by atoms with van der Waals surface area (Å²) in [4.78, 5) is 20.4. The van der Waals surface area contributed by atoms with Gasteiger partial charge in [-0.05, 0) is 37.7 Å². The fraction of sp³-hybridized carbons (Fsp3) is 0.556. The maximum Gasteiger partial charge on any atom is 0.263 e. The standard InChI is InChI=1S/C18H20N4O3S2/c1-10-20-21-14(25-10)9-26-18-19-16-15(12-5-2-6-13(12)27-16)17(23)22(18)8-11-4-3-7-24-11/h11H,2-9H2,1H3/t11-/m0/s1. The van der Waals surface area contributed by atoms with Gasteiger partial charge in [0.25, 0.3) is 5.56 Å². The van der Waals surface area contributed by atoms with Gasteiger partial charge in [0.05, 0.1) is 23.8 Å². The predicted molar refractivity (Wildman–Crippen MR) is 103 cm³/mol. The van der Waals surface area contributed by atoms with Crippen molar-refractivity contribution in [3.8, 4) is 0 Å². The minimum Gasteiger partial charge on any atom is -0.425 e. The largest absolute Gasteiger partial charge is 0.425 e. The Kier molecular flexibility index (Phi) is 4.53. The molecule has 27 heavy (non-hydrogen) atoms. The Hall–Kier alpha value is -1.71. The van der Waals surface area contributed by atoms with E-state index in [1.54, 1.807) is 22.8 Å². The van der Waals surface area contributed by atoms with Crippen molar-refractivity contribution in [2.75, 3.05) is 6.61 Å². The molecule has 1 saturated heterocycles. The normalized spacial score (nSPS) is 19.2. The molecule has 0 amide bonds. The molecule has 1 aliphatic heterocycles. The first-order valence-electron chi connectivity index (χ1n) is 9.27. The Labute approximate surface area is 164 Å². The third-order valence-electron chi connectivity index (χ3n) is 5.09. The Balaban J connectivity index is 1.55. The Morgan fingerprint density at radius 2 is 2.22 bits per heavy atom. The van der Waals surface area contributed by atoms with Gasteiger partial charge in [0.2, 0.25) is 11.8 Å². The minimum atomic E-state index is 0.0686. The van der Waals surface area contributed by atoms with Crippen molar-refractivity contribution in [3.63, 3.8) is 0 Å². The number of thioether (sulfide) groups is 1. The van der Waals surface area contributed by atoms with Crippen molar-refractivity contribution in [3.05, 3.63) is 32.6 Å². The number of aromatic nitrogens is 4. The lowest BCUT2D eigenvalue weighted by Crippen LogP contribution is -2.28. The van der Waals surface area contributed by atoms with Crippen molar-refractivity contribution in [2.24, 2.45) is 0 Å². The molecule has 0 N–H and O–H groups in total. The molecule has 0 spiro atoms. The number of fused-ring (bicyclic) bond motifs is 3. The van der Waals surface area contributed by atoms with Gasteiger partial charge in [0.15, 0.2) is 5.16 Å². The summed E-state index contributed by atoms with van der Waals surface area (Å²) in [6, 6.07) is 0. The zero-order valence-electron chi connectivity index (χ0n) is 15.1. The monoisotopic (exact) mass is 404 g/mol. The van der Waals surface area contributed by atoms with Crippen LogP contribution in [-0.2, 0) is 29.9 Å². The molecule has 0 unspecified atom stereocenters. The summed E-state index contributed by atoms with van der Waals surface area (Å²) in [5, 5.41) is 9.44. The molecule has 142 valence electrons. The van der Waals surface area contributed by atoms with Gasteiger partial charge < -0.3 is 9.15 Å². The SMILES string of the molecule is Cc1nnc(CSc2nc3sc4c(c3c(=O)n2C[C@@H]2CCCO2)CCC4)o1. The highest BCUT2D eigenvalue weighted by molar-refractivity contribution is 7.98. The summed E-state index contributed by atoms with van der Waals surface area (Å²) < 4.78 is 13.1. The second kappa shape index (κ2) is 7.03. The van der Waals surface area contributed by atoms with Crippen molar-refractivity contribution in [1.82, 2.24) is 19.7 Å². The van der Waals surface area contributed by atoms with Gasteiger partial charge in [-0.25, -0.2) is 4.98 Å². The van der Waals surface area contributed by atoms with Gasteiger partial charge in [0, 0.05) is 18.4 Å². The van der Waals surface area contributed by atoms with Crippen molar-refractivity contribution < 1.29 is 9.15 Å². The second-order valence-corrected chi connectivity index (χ2v) is 9.01. The summed E-state index contributed by atoms with van der Waals surface area (Å²) in [6.45, 7) is 3.09. The smallest absolute Gasteiger partial charge is 0.263 e. The quantitative estimate of drug-likeness (QED) is 0.477. The first-order chi connectivity index (χ1) is 13.2. The number of nitrogens with zero attached hydrogens (tertiary/aromatic N) is 4. The Morgan fingerprint density at radius 3 is 3.00 bits per heavy atom. The first kappa shape index (κ1) is 17.4. The van der Waals surface area contributed by atoms with E-state index in [0.717, 1.165) is 48.9 Å². The van der Waals surface area contributed by atoms with E-state index in [9.17, 15) is 4.79 Å². The maximum atomic E-state index is 13.4. The number of aryl methyl sites for hydroxylation is 3. The molecule has 3 aromatic heterocycles. The van der Waals surface area contributed by atoms with Crippen LogP contribution < -0.4 is 5.56 Å². The number of hydrogen-bond acceptors (Lipinski definition) is 8. The average molecular weight is 405 g/mol. The zero-order valence-corrected chi connectivity index (χ0v) is 16.7. The van der Waals surface area contributed by atoms with Crippen LogP contribution in [-0.4, -0.2) is 32.5 Å². The molecule has 2 aliphatic rings. The van der Waals surface area contributed by atoms with Crippen LogP contribution in [0.3, 0.4) is 0 Å². The Bertz CT molecular complexity index is 1050. The topological polar surface area (TPSA) is 83.0 Å². The van der Waals surface area contributed by atoms with E-state index in [4.69, 9.17) is 14.1 Å². The van der Waals surface area contributed by atoms with E-state index in [-0.39, 0.29) is 11.7 Å². The molecule has 0 aromatic carbocycles. The molecule has 7 nitrogen and oxygen atoms in total. The Morgan fingerprint density at radius 1 is 1.30 bits per heavy atom. The van der Waals surface area contributed by atoms with Crippen LogP contribution in [0.25, 0.3) is 10.2 Å². The molecule has 5 rings (SSSR count). The summed E-state index contributed by atoms with van der Waals surface area (Å²) in [5.41, 5.74) is 1.29. The molecule has 1 aliphatic carbocycles. The molecule has 3 aromatic rings. The summed E-state index contributed by atoms with van der Waals surface area (Å²) in [5.74, 6) is 1.58. The van der Waals surface area contributed by atoms with E-state index in [1.165, 1.54) is 22.2 Å². The molecule has 4 heterocycles. The highest BCUT2D eigenvalue weighted by Crippen LogP contribution is 2.36. The van der Waals surface area contributed by atoms with Crippen LogP contribution in [0.4, 0.5) is 0 Å². The molecular formula is C18H20N4O3S2. The van der Waals surface area contributed by atoms with Crippen LogP contribution in [0.1, 0.15) is 41.5 Å². The summed E-state index contributed by atoms with van der Waals surface area (Å²) >= 11 is 3.14. The average Bonchev–Trinajstić information content (AvgIpc) is 3.40. The zero-order chi connectivity index (χ0) is 18.4. The van der Waals surface area contributed by atoms with E-state index < -0.39 is 0 Å². The predicted octanol–water partition coefficient (Wildman–Crippen LogP) is 3.11. The second-order valence-electron chi connectivity index (χ2n) is 6.99. The highest BCUT2D eigenvalue weighted by atomic mass is 32.2. The lowest BCUT2D eigenvalue weighted by molar-refractivity contribution is 0.0937. The van der Waals surface area contributed by atoms with Crippen LogP contribution in [0.2, 0.25) is 0 Å².